The summed E-state index contributed by atoms with van der Waals surface area (Å²) in [6.45, 7) is 1.97. The number of hydrogen-bond acceptors (Lipinski definition) is 4. The van der Waals surface area contributed by atoms with Crippen LogP contribution in [-0.4, -0.2) is 23.1 Å². The summed E-state index contributed by atoms with van der Waals surface area (Å²) >= 11 is 0. The molecule has 0 bridgehead atoms. The third-order valence-electron chi connectivity index (χ3n) is 2.90. The van der Waals surface area contributed by atoms with Crippen LogP contribution in [0.5, 0.6) is 17.2 Å². The van der Waals surface area contributed by atoms with Gasteiger partial charge in [0.2, 0.25) is 5.75 Å². The molecular formula is C12H14O4. The Morgan fingerprint density at radius 1 is 1.38 bits per heavy atom. The molecule has 0 saturated carbocycles. The molecule has 1 atom stereocenters. The fourth-order valence-electron chi connectivity index (χ4n) is 2.23. The normalized spacial score (nSPS) is 19.4. The molecule has 0 radical (unpaired) electrons. The van der Waals surface area contributed by atoms with Crippen molar-refractivity contribution in [2.45, 2.75) is 19.8 Å². The molecule has 0 saturated heterocycles. The van der Waals surface area contributed by atoms with Gasteiger partial charge in [-0.1, -0.05) is 6.92 Å². The van der Waals surface area contributed by atoms with Gasteiger partial charge in [0.25, 0.3) is 0 Å². The minimum atomic E-state index is -0.241. The van der Waals surface area contributed by atoms with Gasteiger partial charge in [-0.25, -0.2) is 0 Å². The van der Waals surface area contributed by atoms with Crippen molar-refractivity contribution in [1.29, 1.82) is 0 Å². The zero-order chi connectivity index (χ0) is 11.9. The third-order valence-corrected chi connectivity index (χ3v) is 2.90. The third kappa shape index (κ3) is 1.50. The van der Waals surface area contributed by atoms with E-state index in [9.17, 15) is 15.0 Å². The largest absolute Gasteiger partial charge is 0.504 e. The predicted octanol–water partition coefficient (Wildman–Crippen LogP) is 1.87. The molecule has 1 aliphatic carbocycles. The van der Waals surface area contributed by atoms with Crippen LogP contribution in [0.4, 0.5) is 0 Å². The molecule has 0 aliphatic heterocycles. The number of fused-ring (bicyclic) bond motifs is 1. The second kappa shape index (κ2) is 3.70. The van der Waals surface area contributed by atoms with E-state index in [0.29, 0.717) is 24.0 Å². The van der Waals surface area contributed by atoms with Gasteiger partial charge in [-0.3, -0.25) is 4.79 Å². The summed E-state index contributed by atoms with van der Waals surface area (Å²) < 4.78 is 4.86. The van der Waals surface area contributed by atoms with Crippen LogP contribution < -0.4 is 4.74 Å². The van der Waals surface area contributed by atoms with Crippen LogP contribution in [0.15, 0.2) is 6.07 Å². The predicted molar refractivity (Wildman–Crippen MR) is 58.1 cm³/mol. The quantitative estimate of drug-likeness (QED) is 0.761. The number of aromatic hydroxyl groups is 2. The van der Waals surface area contributed by atoms with Crippen molar-refractivity contribution in [1.82, 2.24) is 0 Å². The molecule has 4 heteroatoms. The second-order valence-corrected chi connectivity index (χ2v) is 4.25. The SMILES string of the molecule is COc1c(O)cc2c(c1O)C(=O)CC(C)C2. The summed E-state index contributed by atoms with van der Waals surface area (Å²) in [5.74, 6) is -0.242. The number of ketones is 1. The van der Waals surface area contributed by atoms with Crippen LogP contribution in [0.1, 0.15) is 29.3 Å². The van der Waals surface area contributed by atoms with Crippen LogP contribution in [0.3, 0.4) is 0 Å². The highest BCUT2D eigenvalue weighted by Gasteiger charge is 2.28. The van der Waals surface area contributed by atoms with Gasteiger partial charge in [0.05, 0.1) is 12.7 Å². The Hall–Kier alpha value is -1.71. The standard InChI is InChI=1S/C12H14O4/c1-6-3-7-5-9(14)12(16-2)11(15)10(7)8(13)4-6/h5-6,14-15H,3-4H2,1-2H3. The van der Waals surface area contributed by atoms with E-state index in [1.54, 1.807) is 0 Å². The maximum atomic E-state index is 11.8. The molecule has 0 amide bonds. The van der Waals surface area contributed by atoms with E-state index in [-0.39, 0.29) is 28.9 Å². The molecule has 0 heterocycles. The summed E-state index contributed by atoms with van der Waals surface area (Å²) in [5, 5.41) is 19.5. The number of phenols is 2. The Kier molecular flexibility index (Phi) is 2.50. The van der Waals surface area contributed by atoms with Gasteiger partial charge in [0, 0.05) is 6.42 Å². The maximum absolute atomic E-state index is 11.8. The maximum Gasteiger partial charge on any atom is 0.203 e. The van der Waals surface area contributed by atoms with Gasteiger partial charge >= 0.3 is 0 Å². The minimum absolute atomic E-state index is 0.0262. The first-order valence-electron chi connectivity index (χ1n) is 5.19. The number of phenolic OH excluding ortho intramolecular Hbond substituents is 2. The van der Waals surface area contributed by atoms with E-state index in [1.807, 2.05) is 6.92 Å². The number of carbonyl (C=O) groups is 1. The van der Waals surface area contributed by atoms with Gasteiger partial charge in [-0.05, 0) is 24.0 Å². The van der Waals surface area contributed by atoms with E-state index >= 15 is 0 Å². The lowest BCUT2D eigenvalue weighted by molar-refractivity contribution is 0.0949. The molecule has 0 aromatic heterocycles. The average molecular weight is 222 g/mol. The highest BCUT2D eigenvalue weighted by Crippen LogP contribution is 2.43. The van der Waals surface area contributed by atoms with Crippen LogP contribution >= 0.6 is 0 Å². The van der Waals surface area contributed by atoms with Crippen molar-refractivity contribution in [3.8, 4) is 17.2 Å². The van der Waals surface area contributed by atoms with Crippen molar-refractivity contribution in [3.63, 3.8) is 0 Å². The Bertz CT molecular complexity index is 451. The summed E-state index contributed by atoms with van der Waals surface area (Å²) in [7, 11) is 1.34. The summed E-state index contributed by atoms with van der Waals surface area (Å²) in [6, 6.07) is 1.50. The molecular weight excluding hydrogens is 208 g/mol. The topological polar surface area (TPSA) is 66.8 Å². The van der Waals surface area contributed by atoms with Crippen LogP contribution in [0.25, 0.3) is 0 Å². The van der Waals surface area contributed by atoms with Crippen molar-refractivity contribution in [3.05, 3.63) is 17.2 Å². The average Bonchev–Trinajstić information content (AvgIpc) is 2.15. The van der Waals surface area contributed by atoms with Crippen LogP contribution in [-0.2, 0) is 6.42 Å². The first-order chi connectivity index (χ1) is 7.54. The van der Waals surface area contributed by atoms with Crippen molar-refractivity contribution in [2.75, 3.05) is 7.11 Å². The molecule has 2 N–H and O–H groups in total. The molecule has 1 aromatic rings. The van der Waals surface area contributed by atoms with Gasteiger partial charge in [0.15, 0.2) is 17.3 Å². The molecule has 0 spiro atoms. The summed E-state index contributed by atoms with van der Waals surface area (Å²) in [5.41, 5.74) is 0.993. The number of Topliss-reactive ketones (excluding diaryl/α,β-unsaturated/α-hetero) is 1. The molecule has 16 heavy (non-hydrogen) atoms. The molecule has 4 nitrogen and oxygen atoms in total. The highest BCUT2D eigenvalue weighted by atomic mass is 16.5. The van der Waals surface area contributed by atoms with E-state index in [2.05, 4.69) is 0 Å². The lowest BCUT2D eigenvalue weighted by Gasteiger charge is -2.22. The first kappa shape index (κ1) is 10.8. The lowest BCUT2D eigenvalue weighted by atomic mass is 9.83. The highest BCUT2D eigenvalue weighted by molar-refractivity contribution is 6.02. The summed E-state index contributed by atoms with van der Waals surface area (Å²) in [4.78, 5) is 11.8. The molecule has 86 valence electrons. The van der Waals surface area contributed by atoms with E-state index in [1.165, 1.54) is 13.2 Å². The number of benzene rings is 1. The molecule has 2 rings (SSSR count). The monoisotopic (exact) mass is 222 g/mol. The molecule has 1 aliphatic rings. The Labute approximate surface area is 93.5 Å². The first-order valence-corrected chi connectivity index (χ1v) is 5.19. The van der Waals surface area contributed by atoms with Crippen molar-refractivity contribution < 1.29 is 19.7 Å². The van der Waals surface area contributed by atoms with Crippen LogP contribution in [0, 0.1) is 5.92 Å². The fourth-order valence-corrected chi connectivity index (χ4v) is 2.23. The van der Waals surface area contributed by atoms with E-state index in [0.717, 1.165) is 0 Å². The number of hydrogen-bond donors (Lipinski definition) is 2. The zero-order valence-electron chi connectivity index (χ0n) is 9.28. The van der Waals surface area contributed by atoms with Crippen LogP contribution in [0.2, 0.25) is 0 Å². The van der Waals surface area contributed by atoms with E-state index in [4.69, 9.17) is 4.74 Å². The molecule has 1 aromatic carbocycles. The number of rotatable bonds is 1. The number of methoxy groups -OCH3 is 1. The zero-order valence-corrected chi connectivity index (χ0v) is 9.28. The number of ether oxygens (including phenoxy) is 1. The van der Waals surface area contributed by atoms with Gasteiger partial charge in [-0.2, -0.15) is 0 Å². The molecule has 0 fully saturated rings. The second-order valence-electron chi connectivity index (χ2n) is 4.25. The molecule has 1 unspecified atom stereocenters. The number of carbonyl (C=O) groups excluding carboxylic acids is 1. The van der Waals surface area contributed by atoms with Crippen molar-refractivity contribution >= 4 is 5.78 Å². The Morgan fingerprint density at radius 3 is 2.69 bits per heavy atom. The van der Waals surface area contributed by atoms with Crippen molar-refractivity contribution in [2.24, 2.45) is 5.92 Å². The van der Waals surface area contributed by atoms with Gasteiger partial charge in [0.1, 0.15) is 0 Å². The fraction of sp³-hybridized carbons (Fsp3) is 0.417. The Morgan fingerprint density at radius 2 is 2.06 bits per heavy atom. The minimum Gasteiger partial charge on any atom is -0.504 e. The van der Waals surface area contributed by atoms with Gasteiger partial charge in [-0.15, -0.1) is 0 Å². The summed E-state index contributed by atoms with van der Waals surface area (Å²) in [6.07, 6.45) is 1.11. The van der Waals surface area contributed by atoms with Gasteiger partial charge < -0.3 is 14.9 Å². The lowest BCUT2D eigenvalue weighted by Crippen LogP contribution is -2.18. The smallest absolute Gasteiger partial charge is 0.203 e. The Balaban J connectivity index is 2.64. The van der Waals surface area contributed by atoms with E-state index < -0.39 is 0 Å².